The maximum atomic E-state index is 13.1. The van der Waals surface area contributed by atoms with Crippen molar-refractivity contribution in [1.82, 2.24) is 9.80 Å². The molecular formula is C27H31ClN4O8. The molecule has 1 heterocycles. The molecule has 214 valence electrons. The number of nitrogens with zero attached hydrogens (tertiary/aromatic N) is 3. The number of hydrogen-bond donors (Lipinski definition) is 1. The van der Waals surface area contributed by atoms with Crippen molar-refractivity contribution in [3.8, 4) is 0 Å². The van der Waals surface area contributed by atoms with Crippen molar-refractivity contribution in [3.05, 3.63) is 98.6 Å². The van der Waals surface area contributed by atoms with E-state index in [1.54, 1.807) is 13.0 Å². The molecular weight excluding hydrogens is 544 g/mol. The normalized spacial score (nSPS) is 14.9. The number of methoxy groups -OCH3 is 1. The van der Waals surface area contributed by atoms with Gasteiger partial charge in [-0.25, -0.2) is 9.59 Å². The Balaban J connectivity index is 0.00000560. The van der Waals surface area contributed by atoms with E-state index < -0.39 is 29.5 Å². The van der Waals surface area contributed by atoms with E-state index in [9.17, 15) is 24.5 Å². The van der Waals surface area contributed by atoms with Gasteiger partial charge < -0.3 is 19.9 Å². The van der Waals surface area contributed by atoms with E-state index in [-0.39, 0.29) is 41.7 Å². The molecule has 2 aromatic rings. The van der Waals surface area contributed by atoms with E-state index in [4.69, 9.17) is 19.9 Å². The summed E-state index contributed by atoms with van der Waals surface area (Å²) in [5.74, 6) is -1.62. The van der Waals surface area contributed by atoms with Crippen molar-refractivity contribution < 1.29 is 33.5 Å². The summed E-state index contributed by atoms with van der Waals surface area (Å²) in [4.78, 5) is 50.8. The highest BCUT2D eigenvalue weighted by atomic mass is 35.5. The monoisotopic (exact) mass is 574 g/mol. The number of likely N-dealkylation sites (N-methyl/N-ethyl adjacent to an activating group) is 1. The summed E-state index contributed by atoms with van der Waals surface area (Å²) < 4.78 is 16.1. The van der Waals surface area contributed by atoms with E-state index in [2.05, 4.69) is 0 Å². The van der Waals surface area contributed by atoms with Crippen LogP contribution in [0.4, 0.5) is 10.5 Å². The summed E-state index contributed by atoms with van der Waals surface area (Å²) in [7, 11) is 3.08. The third kappa shape index (κ3) is 7.58. The Morgan fingerprint density at radius 3 is 2.48 bits per heavy atom. The Kier molecular flexibility index (Phi) is 11.7. The van der Waals surface area contributed by atoms with Crippen molar-refractivity contribution in [1.29, 1.82) is 0 Å². The molecule has 0 radical (unpaired) electrons. The molecule has 1 aliphatic heterocycles. The first-order valence-corrected chi connectivity index (χ1v) is 12.0. The van der Waals surface area contributed by atoms with Crippen LogP contribution in [-0.2, 0) is 30.3 Å². The van der Waals surface area contributed by atoms with Gasteiger partial charge in [-0.1, -0.05) is 42.5 Å². The van der Waals surface area contributed by atoms with Gasteiger partial charge in [-0.15, -0.1) is 12.4 Å². The maximum absolute atomic E-state index is 13.1. The lowest BCUT2D eigenvalue weighted by Crippen LogP contribution is -2.36. The molecule has 40 heavy (non-hydrogen) atoms. The second-order valence-electron chi connectivity index (χ2n) is 8.74. The molecule has 1 atom stereocenters. The number of carbonyl (C=O) groups excluding carboxylic acids is 3. The molecule has 0 spiro atoms. The van der Waals surface area contributed by atoms with E-state index in [0.29, 0.717) is 30.8 Å². The molecule has 2 N–H and O–H groups in total. The van der Waals surface area contributed by atoms with Crippen LogP contribution in [0.1, 0.15) is 24.0 Å². The van der Waals surface area contributed by atoms with E-state index in [1.807, 2.05) is 42.3 Å². The fraction of sp³-hybridized carbons (Fsp3) is 0.296. The standard InChI is InChI=1S/C27H30N4O8.ClH/c1-18-25(38-13-12-29(2)15-19-8-5-4-6-9-19)23(20-10-7-11-21(14-20)31(35)36)24(26(33)37-3)22(30(18)17-32)16-39-27(28)34;/h4-11,14,17,23H,12-13,15-16H2,1-3H3,(H2,28,34);1H. The number of allylic oxidation sites excluding steroid dienone is 2. The zero-order chi connectivity index (χ0) is 28.5. The van der Waals surface area contributed by atoms with Crippen LogP contribution in [0.2, 0.25) is 0 Å². The molecule has 13 heteroatoms. The summed E-state index contributed by atoms with van der Waals surface area (Å²) in [5, 5.41) is 11.5. The Bertz CT molecular complexity index is 1300. The minimum atomic E-state index is -1.12. The quantitative estimate of drug-likeness (QED) is 0.173. The van der Waals surface area contributed by atoms with Gasteiger partial charge in [0.2, 0.25) is 6.41 Å². The van der Waals surface area contributed by atoms with Gasteiger partial charge in [-0.05, 0) is 25.1 Å². The Morgan fingerprint density at radius 1 is 1.18 bits per heavy atom. The van der Waals surface area contributed by atoms with Crippen molar-refractivity contribution in [2.45, 2.75) is 19.4 Å². The van der Waals surface area contributed by atoms with Crippen LogP contribution in [-0.4, -0.2) is 67.1 Å². The highest BCUT2D eigenvalue weighted by Gasteiger charge is 2.40. The zero-order valence-corrected chi connectivity index (χ0v) is 23.1. The van der Waals surface area contributed by atoms with Gasteiger partial charge in [0.1, 0.15) is 19.0 Å². The second-order valence-corrected chi connectivity index (χ2v) is 8.74. The Morgan fingerprint density at radius 2 is 1.88 bits per heavy atom. The fourth-order valence-electron chi connectivity index (χ4n) is 4.34. The molecule has 0 bridgehead atoms. The molecule has 1 unspecified atom stereocenters. The van der Waals surface area contributed by atoms with Crippen LogP contribution in [0.3, 0.4) is 0 Å². The first kappa shape index (κ1) is 31.8. The molecule has 3 rings (SSSR count). The summed E-state index contributed by atoms with van der Waals surface area (Å²) in [6, 6.07) is 15.6. The lowest BCUT2D eigenvalue weighted by molar-refractivity contribution is -0.384. The van der Waals surface area contributed by atoms with Gasteiger partial charge in [0.15, 0.2) is 0 Å². The summed E-state index contributed by atoms with van der Waals surface area (Å²) >= 11 is 0. The third-order valence-corrected chi connectivity index (χ3v) is 6.17. The predicted octanol–water partition coefficient (Wildman–Crippen LogP) is 3.47. The third-order valence-electron chi connectivity index (χ3n) is 6.17. The number of amides is 2. The lowest BCUT2D eigenvalue weighted by Gasteiger charge is -2.36. The van der Waals surface area contributed by atoms with Crippen LogP contribution in [0.5, 0.6) is 0 Å². The van der Waals surface area contributed by atoms with Gasteiger partial charge in [-0.2, -0.15) is 0 Å². The number of nitrogens with two attached hydrogens (primary N) is 1. The summed E-state index contributed by atoms with van der Waals surface area (Å²) in [5.41, 5.74) is 6.62. The SMILES string of the molecule is COC(=O)C1=C(COC(N)=O)N(C=O)C(C)=C(OCCN(C)Cc2ccccc2)C1c1cccc([N+](=O)[O-])c1.Cl. The number of esters is 1. The number of rotatable bonds is 12. The van der Waals surface area contributed by atoms with Crippen LogP contribution in [0, 0.1) is 10.1 Å². The van der Waals surface area contributed by atoms with E-state index in [1.165, 1.54) is 18.2 Å². The number of halogens is 1. The molecule has 0 aliphatic carbocycles. The topological polar surface area (TPSA) is 155 Å². The number of non-ortho nitro benzene ring substituents is 1. The zero-order valence-electron chi connectivity index (χ0n) is 22.3. The van der Waals surface area contributed by atoms with Gasteiger partial charge in [-0.3, -0.25) is 24.7 Å². The largest absolute Gasteiger partial charge is 0.494 e. The number of carbonyl (C=O) groups is 3. The van der Waals surface area contributed by atoms with Crippen molar-refractivity contribution >= 4 is 36.6 Å². The number of nitro groups is 1. The maximum Gasteiger partial charge on any atom is 0.404 e. The molecule has 2 amide bonds. The number of benzene rings is 2. The van der Waals surface area contributed by atoms with E-state index >= 15 is 0 Å². The van der Waals surface area contributed by atoms with Crippen LogP contribution in [0.15, 0.2) is 77.3 Å². The van der Waals surface area contributed by atoms with E-state index in [0.717, 1.165) is 17.6 Å². The van der Waals surface area contributed by atoms with Crippen LogP contribution in [0.25, 0.3) is 0 Å². The molecule has 0 fully saturated rings. The molecule has 2 aromatic carbocycles. The second kappa shape index (κ2) is 14.7. The number of hydrogen-bond acceptors (Lipinski definition) is 9. The molecule has 0 saturated heterocycles. The average Bonchev–Trinajstić information content (AvgIpc) is 2.92. The molecule has 0 saturated carbocycles. The molecule has 0 aromatic heterocycles. The van der Waals surface area contributed by atoms with Crippen LogP contribution < -0.4 is 5.73 Å². The first-order chi connectivity index (χ1) is 18.7. The summed E-state index contributed by atoms with van der Waals surface area (Å²) in [6.45, 7) is 2.41. The first-order valence-electron chi connectivity index (χ1n) is 12.0. The van der Waals surface area contributed by atoms with Gasteiger partial charge in [0.25, 0.3) is 5.69 Å². The summed E-state index contributed by atoms with van der Waals surface area (Å²) in [6.07, 6.45) is -0.665. The highest BCUT2D eigenvalue weighted by Crippen LogP contribution is 2.43. The number of ether oxygens (including phenoxy) is 3. The predicted molar refractivity (Wildman–Crippen MR) is 147 cm³/mol. The van der Waals surface area contributed by atoms with Gasteiger partial charge in [0.05, 0.1) is 34.9 Å². The number of primary amides is 1. The Labute approximate surface area is 237 Å². The minimum Gasteiger partial charge on any atom is -0.494 e. The number of nitro benzene ring substituents is 1. The van der Waals surface area contributed by atoms with Crippen molar-refractivity contribution in [2.75, 3.05) is 33.9 Å². The molecule has 12 nitrogen and oxygen atoms in total. The minimum absolute atomic E-state index is 0. The fourth-order valence-corrected chi connectivity index (χ4v) is 4.34. The Hall–Kier alpha value is -4.42. The van der Waals surface area contributed by atoms with Crippen molar-refractivity contribution in [2.24, 2.45) is 5.73 Å². The lowest BCUT2D eigenvalue weighted by atomic mass is 9.84. The highest BCUT2D eigenvalue weighted by molar-refractivity contribution is 5.93. The van der Waals surface area contributed by atoms with Gasteiger partial charge >= 0.3 is 12.1 Å². The van der Waals surface area contributed by atoms with Crippen LogP contribution >= 0.6 is 12.4 Å². The smallest absolute Gasteiger partial charge is 0.404 e. The average molecular weight is 575 g/mol. The molecule has 1 aliphatic rings. The van der Waals surface area contributed by atoms with Gasteiger partial charge in [0, 0.05) is 25.2 Å². The van der Waals surface area contributed by atoms with Crippen molar-refractivity contribution in [3.63, 3.8) is 0 Å².